The molecule has 0 fully saturated rings. The monoisotopic (exact) mass is 305 g/mol. The van der Waals surface area contributed by atoms with Gasteiger partial charge in [0, 0.05) is 23.3 Å². The van der Waals surface area contributed by atoms with E-state index in [4.69, 9.17) is 0 Å². The van der Waals surface area contributed by atoms with Gasteiger partial charge in [0.15, 0.2) is 5.78 Å². The zero-order valence-electron chi connectivity index (χ0n) is 11.7. The average molecular weight is 305 g/mol. The molecule has 0 heterocycles. The van der Waals surface area contributed by atoms with Crippen molar-refractivity contribution in [3.63, 3.8) is 0 Å². The third-order valence-electron chi connectivity index (χ3n) is 2.38. The van der Waals surface area contributed by atoms with Crippen molar-refractivity contribution in [3.8, 4) is 0 Å². The van der Waals surface area contributed by atoms with Crippen molar-refractivity contribution < 1.29 is 14.3 Å². The molecule has 0 aliphatic rings. The quantitative estimate of drug-likeness (QED) is 0.378. The van der Waals surface area contributed by atoms with E-state index in [1.54, 1.807) is 36.8 Å². The van der Waals surface area contributed by atoms with Gasteiger partial charge in [-0.1, -0.05) is 41.5 Å². The minimum atomic E-state index is -0.611. The lowest BCUT2D eigenvalue weighted by Gasteiger charge is -2.00. The van der Waals surface area contributed by atoms with E-state index in [1.165, 1.54) is 24.3 Å². The highest BCUT2D eigenvalue weighted by atomic mass is 32.2. The van der Waals surface area contributed by atoms with Crippen molar-refractivity contribution in [2.24, 2.45) is 0 Å². The van der Waals surface area contributed by atoms with Crippen molar-refractivity contribution in [3.05, 3.63) is 75.8 Å². The molecule has 110 valence electrons. The number of hydrogen-bond donors (Lipinski definition) is 0. The van der Waals surface area contributed by atoms with E-state index in [2.05, 4.69) is 0 Å². The molecule has 2 aromatic rings. The van der Waals surface area contributed by atoms with Gasteiger partial charge in [-0.15, -0.1) is 0 Å². The van der Waals surface area contributed by atoms with Crippen LogP contribution in [0.1, 0.15) is 15.9 Å². The zero-order valence-corrected chi connectivity index (χ0v) is 12.5. The standard InChI is InChI=1S/C13H9NO3.C2H6OS/c15-13(10-4-2-1-3-5-10)11-6-8-12(9-7-11)14(16)17;1-4(2)3/h1-9H;1-2H3. The van der Waals surface area contributed by atoms with Gasteiger partial charge in [-0.25, -0.2) is 0 Å². The van der Waals surface area contributed by atoms with Gasteiger partial charge < -0.3 is 4.55 Å². The topological polar surface area (TPSA) is 83.3 Å². The summed E-state index contributed by atoms with van der Waals surface area (Å²) in [4.78, 5) is 21.9. The van der Waals surface area contributed by atoms with E-state index >= 15 is 0 Å². The Labute approximate surface area is 125 Å². The Hall–Kier alpha value is -2.18. The molecule has 0 saturated heterocycles. The van der Waals surface area contributed by atoms with Crippen LogP contribution in [0.25, 0.3) is 0 Å². The number of nitrogens with zero attached hydrogens (tertiary/aromatic N) is 1. The minimum Gasteiger partial charge on any atom is -0.617 e. The molecular weight excluding hydrogens is 290 g/mol. The smallest absolute Gasteiger partial charge is 0.269 e. The summed E-state index contributed by atoms with van der Waals surface area (Å²) in [7, 11) is 0. The predicted octanol–water partition coefficient (Wildman–Crippen LogP) is 2.82. The molecule has 2 rings (SSSR count). The first-order valence-corrected chi connectivity index (χ1v) is 7.97. The average Bonchev–Trinajstić information content (AvgIpc) is 2.47. The molecule has 0 aliphatic heterocycles. The third kappa shape index (κ3) is 5.76. The zero-order chi connectivity index (χ0) is 15.8. The Morgan fingerprint density at radius 3 is 1.81 bits per heavy atom. The van der Waals surface area contributed by atoms with Gasteiger partial charge >= 0.3 is 0 Å². The lowest BCUT2D eigenvalue weighted by Crippen LogP contribution is -2.00. The Morgan fingerprint density at radius 1 is 0.952 bits per heavy atom. The highest BCUT2D eigenvalue weighted by Gasteiger charge is 2.10. The van der Waals surface area contributed by atoms with Gasteiger partial charge in [0.25, 0.3) is 5.69 Å². The first-order valence-electron chi connectivity index (χ1n) is 6.01. The second-order valence-corrected chi connectivity index (χ2v) is 5.72. The SMILES string of the molecule is C[S+](C)[O-].O=C(c1ccccc1)c1ccc([N+](=O)[O-])cc1. The lowest BCUT2D eigenvalue weighted by molar-refractivity contribution is -0.384. The third-order valence-corrected chi connectivity index (χ3v) is 2.38. The maximum atomic E-state index is 12.0. The molecule has 0 bridgehead atoms. The second-order valence-electron chi connectivity index (χ2n) is 4.24. The predicted molar refractivity (Wildman–Crippen MR) is 83.0 cm³/mol. The van der Waals surface area contributed by atoms with Crippen molar-refractivity contribution in [2.75, 3.05) is 12.5 Å². The maximum Gasteiger partial charge on any atom is 0.269 e. The van der Waals surface area contributed by atoms with E-state index in [0.717, 1.165) is 0 Å². The van der Waals surface area contributed by atoms with Crippen LogP contribution in [-0.4, -0.2) is 27.8 Å². The number of ketones is 1. The fourth-order valence-corrected chi connectivity index (χ4v) is 1.49. The van der Waals surface area contributed by atoms with Gasteiger partial charge in [0.05, 0.1) is 17.4 Å². The lowest BCUT2D eigenvalue weighted by atomic mass is 10.0. The molecular formula is C15H15NO4S. The van der Waals surface area contributed by atoms with Crippen LogP contribution < -0.4 is 0 Å². The number of nitro benzene ring substituents is 1. The molecule has 0 aromatic heterocycles. The first kappa shape index (κ1) is 16.9. The highest BCUT2D eigenvalue weighted by molar-refractivity contribution is 7.89. The van der Waals surface area contributed by atoms with Crippen molar-refractivity contribution in [1.29, 1.82) is 0 Å². The van der Waals surface area contributed by atoms with E-state index in [9.17, 15) is 19.5 Å². The summed E-state index contributed by atoms with van der Waals surface area (Å²) >= 11 is -0.611. The summed E-state index contributed by atoms with van der Waals surface area (Å²) in [6.07, 6.45) is 3.28. The summed E-state index contributed by atoms with van der Waals surface area (Å²) in [5.41, 5.74) is 0.998. The molecule has 0 aliphatic carbocycles. The number of hydrogen-bond acceptors (Lipinski definition) is 4. The Bertz CT molecular complexity index is 594. The fraction of sp³-hybridized carbons (Fsp3) is 0.133. The Balaban J connectivity index is 0.000000491. The molecule has 0 unspecified atom stereocenters. The normalized spacial score (nSPS) is 9.71. The molecule has 0 atom stereocenters. The van der Waals surface area contributed by atoms with Crippen LogP contribution in [0, 0.1) is 10.1 Å². The number of carbonyl (C=O) groups is 1. The highest BCUT2D eigenvalue weighted by Crippen LogP contribution is 2.15. The number of benzene rings is 2. The molecule has 6 heteroatoms. The van der Waals surface area contributed by atoms with Crippen LogP contribution in [0.4, 0.5) is 5.69 Å². The van der Waals surface area contributed by atoms with E-state index in [-0.39, 0.29) is 11.5 Å². The Morgan fingerprint density at radius 2 is 1.38 bits per heavy atom. The second kappa shape index (κ2) is 8.18. The van der Waals surface area contributed by atoms with Gasteiger partial charge in [-0.05, 0) is 12.1 Å². The number of carbonyl (C=O) groups excluding carboxylic acids is 1. The number of nitro groups is 1. The maximum absolute atomic E-state index is 12.0. The molecule has 0 spiro atoms. The van der Waals surface area contributed by atoms with Gasteiger partial charge in [0.1, 0.15) is 0 Å². The molecule has 0 radical (unpaired) electrons. The van der Waals surface area contributed by atoms with Crippen molar-refractivity contribution in [2.45, 2.75) is 0 Å². The van der Waals surface area contributed by atoms with Crippen LogP contribution >= 0.6 is 0 Å². The summed E-state index contributed by atoms with van der Waals surface area (Å²) < 4.78 is 9.56. The van der Waals surface area contributed by atoms with Crippen molar-refractivity contribution in [1.82, 2.24) is 0 Å². The molecule has 0 amide bonds. The van der Waals surface area contributed by atoms with E-state index in [0.29, 0.717) is 11.1 Å². The Kier molecular flexibility index (Phi) is 6.58. The van der Waals surface area contributed by atoms with Crippen LogP contribution in [-0.2, 0) is 11.2 Å². The number of rotatable bonds is 3. The van der Waals surface area contributed by atoms with Gasteiger partial charge in [-0.2, -0.15) is 0 Å². The molecule has 0 N–H and O–H groups in total. The van der Waals surface area contributed by atoms with Crippen LogP contribution in [0.5, 0.6) is 0 Å². The summed E-state index contributed by atoms with van der Waals surface area (Å²) in [6, 6.07) is 14.4. The summed E-state index contributed by atoms with van der Waals surface area (Å²) in [5.74, 6) is -0.138. The van der Waals surface area contributed by atoms with Crippen LogP contribution in [0.2, 0.25) is 0 Å². The fourth-order valence-electron chi connectivity index (χ4n) is 1.49. The van der Waals surface area contributed by atoms with Crippen molar-refractivity contribution >= 4 is 22.6 Å². The van der Waals surface area contributed by atoms with Crippen LogP contribution in [0.3, 0.4) is 0 Å². The molecule has 21 heavy (non-hydrogen) atoms. The van der Waals surface area contributed by atoms with Gasteiger partial charge in [0.2, 0.25) is 0 Å². The molecule has 0 saturated carbocycles. The first-order chi connectivity index (χ1) is 9.91. The van der Waals surface area contributed by atoms with E-state index < -0.39 is 16.1 Å². The molecule has 2 aromatic carbocycles. The molecule has 5 nitrogen and oxygen atoms in total. The van der Waals surface area contributed by atoms with Crippen LogP contribution in [0.15, 0.2) is 54.6 Å². The number of non-ortho nitro benzene ring substituents is 1. The van der Waals surface area contributed by atoms with Gasteiger partial charge in [-0.3, -0.25) is 14.9 Å². The summed E-state index contributed by atoms with van der Waals surface area (Å²) in [6.45, 7) is 0. The minimum absolute atomic E-state index is 0.0189. The largest absolute Gasteiger partial charge is 0.617 e. The summed E-state index contributed by atoms with van der Waals surface area (Å²) in [5, 5.41) is 10.5. The van der Waals surface area contributed by atoms with E-state index in [1.807, 2.05) is 6.07 Å².